The van der Waals surface area contributed by atoms with E-state index < -0.39 is 0 Å². The van der Waals surface area contributed by atoms with Gasteiger partial charge < -0.3 is 9.80 Å². The second-order valence-corrected chi connectivity index (χ2v) is 7.57. The van der Waals surface area contributed by atoms with E-state index >= 15 is 0 Å². The fraction of sp³-hybridized carbons (Fsp3) is 0.304. The number of piperazine rings is 1. The third-order valence-corrected chi connectivity index (χ3v) is 5.40. The molecule has 1 atom stereocenters. The van der Waals surface area contributed by atoms with Gasteiger partial charge in [0.1, 0.15) is 0 Å². The molecule has 2 heterocycles. The van der Waals surface area contributed by atoms with E-state index in [1.807, 2.05) is 72.0 Å². The van der Waals surface area contributed by atoms with Crippen LogP contribution in [0.4, 0.5) is 0 Å². The van der Waals surface area contributed by atoms with Gasteiger partial charge in [0.25, 0.3) is 5.91 Å². The summed E-state index contributed by atoms with van der Waals surface area (Å²) in [4.78, 5) is 17.6. The fourth-order valence-corrected chi connectivity index (χ4v) is 3.92. The molecule has 28 heavy (non-hydrogen) atoms. The zero-order valence-electron chi connectivity index (χ0n) is 16.7. The first kappa shape index (κ1) is 18.4. The molecule has 2 aromatic carbocycles. The number of likely N-dealkylation sites (N-methyl/N-ethyl adjacent to an activating group) is 1. The van der Waals surface area contributed by atoms with Gasteiger partial charge in [-0.25, -0.2) is 4.68 Å². The average Bonchev–Trinajstić information content (AvgIpc) is 3.06. The first-order valence-electron chi connectivity index (χ1n) is 9.71. The third kappa shape index (κ3) is 3.58. The van der Waals surface area contributed by atoms with Crippen molar-refractivity contribution in [3.8, 4) is 5.69 Å². The number of rotatable bonds is 3. The number of hydrogen-bond acceptors (Lipinski definition) is 3. The molecule has 0 unspecified atom stereocenters. The Morgan fingerprint density at radius 3 is 2.36 bits per heavy atom. The molecule has 0 bridgehead atoms. The summed E-state index contributed by atoms with van der Waals surface area (Å²) in [6, 6.07) is 20.2. The number of aryl methyl sites for hydroxylation is 2. The van der Waals surface area contributed by atoms with Crippen molar-refractivity contribution in [1.29, 1.82) is 0 Å². The number of carbonyl (C=O) groups excluding carboxylic acids is 1. The van der Waals surface area contributed by atoms with Crippen LogP contribution in [0.25, 0.3) is 5.69 Å². The molecule has 5 heteroatoms. The number of nitrogens with zero attached hydrogens (tertiary/aromatic N) is 4. The van der Waals surface area contributed by atoms with E-state index in [2.05, 4.69) is 29.2 Å². The Labute approximate surface area is 166 Å². The number of benzene rings is 2. The molecule has 1 aromatic heterocycles. The van der Waals surface area contributed by atoms with Gasteiger partial charge in [0.05, 0.1) is 17.4 Å². The van der Waals surface area contributed by atoms with E-state index in [1.165, 1.54) is 5.56 Å². The molecule has 0 radical (unpaired) electrons. The van der Waals surface area contributed by atoms with Gasteiger partial charge in [-0.05, 0) is 56.8 Å². The van der Waals surface area contributed by atoms with Crippen molar-refractivity contribution in [3.63, 3.8) is 0 Å². The maximum absolute atomic E-state index is 13.3. The summed E-state index contributed by atoms with van der Waals surface area (Å²) in [7, 11) is 2.11. The van der Waals surface area contributed by atoms with Crippen LogP contribution in [0.1, 0.15) is 33.4 Å². The van der Waals surface area contributed by atoms with Crippen LogP contribution in [-0.4, -0.2) is 52.2 Å². The summed E-state index contributed by atoms with van der Waals surface area (Å²) in [5.74, 6) is 0.0851. The summed E-state index contributed by atoms with van der Waals surface area (Å²) < 4.78 is 1.91. The van der Waals surface area contributed by atoms with Crippen LogP contribution in [0.2, 0.25) is 0 Å². The van der Waals surface area contributed by atoms with Crippen molar-refractivity contribution in [2.75, 3.05) is 26.7 Å². The summed E-state index contributed by atoms with van der Waals surface area (Å²) >= 11 is 0. The lowest BCUT2D eigenvalue weighted by molar-refractivity contribution is 0.0498. The van der Waals surface area contributed by atoms with E-state index in [9.17, 15) is 4.79 Å². The van der Waals surface area contributed by atoms with Gasteiger partial charge in [0.15, 0.2) is 0 Å². The Morgan fingerprint density at radius 2 is 1.71 bits per heavy atom. The van der Waals surface area contributed by atoms with Crippen LogP contribution in [0.5, 0.6) is 0 Å². The van der Waals surface area contributed by atoms with Crippen molar-refractivity contribution < 1.29 is 4.79 Å². The minimum absolute atomic E-state index is 0.0723. The maximum Gasteiger partial charge on any atom is 0.254 e. The number of amides is 1. The number of carbonyl (C=O) groups is 1. The molecule has 0 spiro atoms. The molecule has 3 aromatic rings. The third-order valence-electron chi connectivity index (χ3n) is 5.40. The predicted octanol–water partition coefficient (Wildman–Crippen LogP) is 3.62. The summed E-state index contributed by atoms with van der Waals surface area (Å²) in [5, 5.41) is 4.52. The fourth-order valence-electron chi connectivity index (χ4n) is 3.92. The van der Waals surface area contributed by atoms with E-state index in [0.717, 1.165) is 42.3 Å². The highest BCUT2D eigenvalue weighted by atomic mass is 16.2. The zero-order chi connectivity index (χ0) is 19.7. The number of hydrogen-bond donors (Lipinski definition) is 0. The lowest BCUT2D eigenvalue weighted by Gasteiger charge is -2.40. The Hall–Kier alpha value is -2.92. The molecule has 1 aliphatic heterocycles. The Kier molecular flexibility index (Phi) is 5.01. The van der Waals surface area contributed by atoms with E-state index in [4.69, 9.17) is 0 Å². The highest BCUT2D eigenvalue weighted by Crippen LogP contribution is 2.27. The van der Waals surface area contributed by atoms with Gasteiger partial charge in [-0.15, -0.1) is 0 Å². The SMILES string of the molecule is Cc1cc(C)n(-c2ccc(C(=O)N3CCN(C)C[C@@H]3c3ccccc3)cc2)n1. The minimum Gasteiger partial charge on any atom is -0.329 e. The highest BCUT2D eigenvalue weighted by molar-refractivity contribution is 5.94. The predicted molar refractivity (Wildman–Crippen MR) is 111 cm³/mol. The zero-order valence-corrected chi connectivity index (χ0v) is 16.7. The van der Waals surface area contributed by atoms with E-state index in [0.29, 0.717) is 0 Å². The molecule has 0 saturated carbocycles. The smallest absolute Gasteiger partial charge is 0.254 e. The Morgan fingerprint density at radius 1 is 1.00 bits per heavy atom. The van der Waals surface area contributed by atoms with E-state index in [1.54, 1.807) is 0 Å². The summed E-state index contributed by atoms with van der Waals surface area (Å²) in [6.07, 6.45) is 0. The van der Waals surface area contributed by atoms with Crippen LogP contribution in [0.3, 0.4) is 0 Å². The second-order valence-electron chi connectivity index (χ2n) is 7.57. The maximum atomic E-state index is 13.3. The van der Waals surface area contributed by atoms with Gasteiger partial charge in [0.2, 0.25) is 0 Å². The first-order valence-corrected chi connectivity index (χ1v) is 9.71. The van der Waals surface area contributed by atoms with Crippen molar-refractivity contribution in [2.24, 2.45) is 0 Å². The van der Waals surface area contributed by atoms with Crippen molar-refractivity contribution in [3.05, 3.63) is 83.2 Å². The van der Waals surface area contributed by atoms with Crippen molar-refractivity contribution in [1.82, 2.24) is 19.6 Å². The standard InChI is InChI=1S/C23H26N4O/c1-17-15-18(2)27(24-17)21-11-9-20(10-12-21)23(28)26-14-13-25(3)16-22(26)19-7-5-4-6-8-19/h4-12,15,22H,13-14,16H2,1-3H3/t22-/m1/s1. The molecule has 144 valence electrons. The summed E-state index contributed by atoms with van der Waals surface area (Å²) in [6.45, 7) is 6.48. The Balaban J connectivity index is 1.59. The van der Waals surface area contributed by atoms with Crippen LogP contribution in [0.15, 0.2) is 60.7 Å². The monoisotopic (exact) mass is 374 g/mol. The topological polar surface area (TPSA) is 41.4 Å². The highest BCUT2D eigenvalue weighted by Gasteiger charge is 2.30. The van der Waals surface area contributed by atoms with Gasteiger partial charge in [-0.3, -0.25) is 4.79 Å². The Bertz CT molecular complexity index is 962. The van der Waals surface area contributed by atoms with Crippen LogP contribution in [0, 0.1) is 13.8 Å². The molecule has 0 N–H and O–H groups in total. The van der Waals surface area contributed by atoms with E-state index in [-0.39, 0.29) is 11.9 Å². The van der Waals surface area contributed by atoms with Crippen LogP contribution >= 0.6 is 0 Å². The summed E-state index contributed by atoms with van der Waals surface area (Å²) in [5.41, 5.74) is 4.94. The molecular weight excluding hydrogens is 348 g/mol. The lowest BCUT2D eigenvalue weighted by Crippen LogP contribution is -2.49. The van der Waals surface area contributed by atoms with Gasteiger partial charge in [0, 0.05) is 30.9 Å². The van der Waals surface area contributed by atoms with Gasteiger partial charge in [-0.1, -0.05) is 30.3 Å². The largest absolute Gasteiger partial charge is 0.329 e. The minimum atomic E-state index is 0.0723. The molecule has 4 rings (SSSR count). The molecule has 1 amide bonds. The molecule has 0 aliphatic carbocycles. The molecule has 1 aliphatic rings. The molecule has 1 fully saturated rings. The van der Waals surface area contributed by atoms with Crippen LogP contribution in [-0.2, 0) is 0 Å². The normalized spacial score (nSPS) is 17.7. The molecular formula is C23H26N4O. The molecule has 1 saturated heterocycles. The van der Waals surface area contributed by atoms with Gasteiger partial charge in [-0.2, -0.15) is 5.10 Å². The average molecular weight is 374 g/mol. The first-order chi connectivity index (χ1) is 13.5. The van der Waals surface area contributed by atoms with Crippen molar-refractivity contribution in [2.45, 2.75) is 19.9 Å². The lowest BCUT2D eigenvalue weighted by atomic mass is 10.0. The second kappa shape index (κ2) is 7.60. The van der Waals surface area contributed by atoms with Crippen molar-refractivity contribution >= 4 is 5.91 Å². The quantitative estimate of drug-likeness (QED) is 0.703. The van der Waals surface area contributed by atoms with Crippen LogP contribution < -0.4 is 0 Å². The number of aromatic nitrogens is 2. The van der Waals surface area contributed by atoms with Gasteiger partial charge >= 0.3 is 0 Å². The molecule has 5 nitrogen and oxygen atoms in total.